The normalized spacial score (nSPS) is 12.4. The molecule has 0 bridgehead atoms. The molecule has 2 nitrogen and oxygen atoms in total. The van der Waals surface area contributed by atoms with Gasteiger partial charge in [0.25, 0.3) is 0 Å². The van der Waals surface area contributed by atoms with E-state index in [9.17, 15) is 4.39 Å². The molecule has 1 aromatic carbocycles. The van der Waals surface area contributed by atoms with E-state index in [0.717, 1.165) is 21.6 Å². The third-order valence-corrected chi connectivity index (χ3v) is 4.58. The smallest absolute Gasteiger partial charge is 0.129 e. The molecule has 2 rings (SSSR count). The molecule has 0 amide bonds. The van der Waals surface area contributed by atoms with Gasteiger partial charge < -0.3 is 10.1 Å². The second-order valence-corrected chi connectivity index (χ2v) is 6.30. The van der Waals surface area contributed by atoms with Crippen LogP contribution in [0.25, 0.3) is 0 Å². The zero-order valence-corrected chi connectivity index (χ0v) is 13.9. The molecular formula is C15H17BrFNOS. The summed E-state index contributed by atoms with van der Waals surface area (Å²) in [4.78, 5) is 1.16. The molecule has 0 saturated carbocycles. The monoisotopic (exact) mass is 357 g/mol. The number of hydrogen-bond acceptors (Lipinski definition) is 3. The molecule has 0 aliphatic heterocycles. The van der Waals surface area contributed by atoms with Gasteiger partial charge in [0.05, 0.1) is 7.11 Å². The Balaban J connectivity index is 2.22. The van der Waals surface area contributed by atoms with Crippen molar-refractivity contribution in [2.75, 3.05) is 13.7 Å². The van der Waals surface area contributed by atoms with Crippen molar-refractivity contribution in [3.05, 3.63) is 50.4 Å². The number of ether oxygens (including phenoxy) is 1. The standard InChI is InChI=1S/C15H17BrFNOS/c1-3-18-14(15-8-12(19-2)9-20-15)7-10-6-11(16)4-5-13(10)17/h4-6,8-9,14,18H,3,7H2,1-2H3. The minimum absolute atomic E-state index is 0.0951. The minimum atomic E-state index is -0.167. The number of hydrogen-bond donors (Lipinski definition) is 1. The number of halogens is 2. The molecule has 1 atom stereocenters. The lowest BCUT2D eigenvalue weighted by Crippen LogP contribution is -2.22. The van der Waals surface area contributed by atoms with E-state index in [1.807, 2.05) is 17.5 Å². The summed E-state index contributed by atoms with van der Waals surface area (Å²) in [7, 11) is 1.65. The summed E-state index contributed by atoms with van der Waals surface area (Å²) in [5, 5.41) is 5.37. The summed E-state index contributed by atoms with van der Waals surface area (Å²) in [5.41, 5.74) is 0.706. The second kappa shape index (κ2) is 7.20. The van der Waals surface area contributed by atoms with Gasteiger partial charge in [0.15, 0.2) is 0 Å². The topological polar surface area (TPSA) is 21.3 Å². The first-order valence-corrected chi connectivity index (χ1v) is 8.11. The maximum Gasteiger partial charge on any atom is 0.129 e. The van der Waals surface area contributed by atoms with Crippen molar-refractivity contribution in [2.45, 2.75) is 19.4 Å². The van der Waals surface area contributed by atoms with Crippen molar-refractivity contribution >= 4 is 27.3 Å². The molecule has 0 spiro atoms. The number of thiophene rings is 1. The SMILES string of the molecule is CCNC(Cc1cc(Br)ccc1F)c1cc(OC)cs1. The Labute approximate surface area is 131 Å². The van der Waals surface area contributed by atoms with Gasteiger partial charge in [0.2, 0.25) is 0 Å². The molecule has 0 fully saturated rings. The van der Waals surface area contributed by atoms with Crippen LogP contribution in [0.15, 0.2) is 34.1 Å². The maximum atomic E-state index is 13.9. The van der Waals surface area contributed by atoms with Crippen molar-refractivity contribution in [3.8, 4) is 5.75 Å². The van der Waals surface area contributed by atoms with Crippen LogP contribution in [0.2, 0.25) is 0 Å². The molecule has 5 heteroatoms. The zero-order chi connectivity index (χ0) is 14.5. The summed E-state index contributed by atoms with van der Waals surface area (Å²) < 4.78 is 20.0. The van der Waals surface area contributed by atoms with E-state index < -0.39 is 0 Å². The molecule has 0 aliphatic carbocycles. The van der Waals surface area contributed by atoms with E-state index in [-0.39, 0.29) is 11.9 Å². The Morgan fingerprint density at radius 3 is 2.85 bits per heavy atom. The summed E-state index contributed by atoms with van der Waals surface area (Å²) in [6, 6.07) is 7.16. The number of methoxy groups -OCH3 is 1. The Morgan fingerprint density at radius 2 is 2.20 bits per heavy atom. The second-order valence-electron chi connectivity index (χ2n) is 4.44. The molecule has 1 N–H and O–H groups in total. The van der Waals surface area contributed by atoms with E-state index in [1.165, 1.54) is 6.07 Å². The molecule has 0 saturated heterocycles. The van der Waals surface area contributed by atoms with Gasteiger partial charge in [-0.25, -0.2) is 4.39 Å². The quantitative estimate of drug-likeness (QED) is 0.818. The van der Waals surface area contributed by atoms with Crippen LogP contribution >= 0.6 is 27.3 Å². The van der Waals surface area contributed by atoms with Gasteiger partial charge in [-0.05, 0) is 42.8 Å². The predicted octanol–water partition coefficient (Wildman–Crippen LogP) is 4.55. The lowest BCUT2D eigenvalue weighted by Gasteiger charge is -2.17. The first-order chi connectivity index (χ1) is 9.63. The highest BCUT2D eigenvalue weighted by Crippen LogP contribution is 2.30. The summed E-state index contributed by atoms with van der Waals surface area (Å²) in [6.07, 6.45) is 0.614. The average molecular weight is 358 g/mol. The van der Waals surface area contributed by atoms with Gasteiger partial charge in [0, 0.05) is 20.8 Å². The van der Waals surface area contributed by atoms with Crippen LogP contribution in [0.1, 0.15) is 23.4 Å². The fourth-order valence-corrected chi connectivity index (χ4v) is 3.40. The zero-order valence-electron chi connectivity index (χ0n) is 11.5. The number of nitrogens with one attached hydrogen (secondary N) is 1. The highest BCUT2D eigenvalue weighted by Gasteiger charge is 2.16. The first kappa shape index (κ1) is 15.5. The fraction of sp³-hybridized carbons (Fsp3) is 0.333. The van der Waals surface area contributed by atoms with Gasteiger partial charge in [-0.3, -0.25) is 0 Å². The van der Waals surface area contributed by atoms with Gasteiger partial charge in [-0.2, -0.15) is 0 Å². The predicted molar refractivity (Wildman–Crippen MR) is 85.1 cm³/mol. The van der Waals surface area contributed by atoms with E-state index in [1.54, 1.807) is 24.5 Å². The van der Waals surface area contributed by atoms with Crippen LogP contribution in [-0.2, 0) is 6.42 Å². The van der Waals surface area contributed by atoms with E-state index in [4.69, 9.17) is 4.74 Å². The van der Waals surface area contributed by atoms with Crippen molar-refractivity contribution < 1.29 is 9.13 Å². The fourth-order valence-electron chi connectivity index (χ4n) is 2.06. The van der Waals surface area contributed by atoms with E-state index in [0.29, 0.717) is 12.0 Å². The number of likely N-dealkylation sites (N-methyl/N-ethyl adjacent to an activating group) is 1. The largest absolute Gasteiger partial charge is 0.496 e. The molecule has 0 aliphatic rings. The van der Waals surface area contributed by atoms with Crippen molar-refractivity contribution in [3.63, 3.8) is 0 Å². The van der Waals surface area contributed by atoms with Gasteiger partial charge in [-0.1, -0.05) is 22.9 Å². The summed E-state index contributed by atoms with van der Waals surface area (Å²) >= 11 is 5.02. The lowest BCUT2D eigenvalue weighted by molar-refractivity contribution is 0.415. The molecule has 108 valence electrons. The summed E-state index contributed by atoms with van der Waals surface area (Å²) in [6.45, 7) is 2.88. The van der Waals surface area contributed by atoms with Gasteiger partial charge >= 0.3 is 0 Å². The molecule has 1 aromatic heterocycles. The van der Waals surface area contributed by atoms with Crippen molar-refractivity contribution in [1.29, 1.82) is 0 Å². The van der Waals surface area contributed by atoms with Crippen LogP contribution in [0, 0.1) is 5.82 Å². The molecule has 2 aromatic rings. The van der Waals surface area contributed by atoms with E-state index >= 15 is 0 Å². The Bertz CT molecular complexity index is 573. The first-order valence-electron chi connectivity index (χ1n) is 6.43. The Kier molecular flexibility index (Phi) is 5.57. The van der Waals surface area contributed by atoms with Crippen LogP contribution in [0.3, 0.4) is 0 Å². The molecule has 20 heavy (non-hydrogen) atoms. The van der Waals surface area contributed by atoms with E-state index in [2.05, 4.69) is 28.2 Å². The minimum Gasteiger partial charge on any atom is -0.496 e. The molecule has 1 heterocycles. The van der Waals surface area contributed by atoms with Crippen LogP contribution in [0.4, 0.5) is 4.39 Å². The Morgan fingerprint density at radius 1 is 1.40 bits per heavy atom. The van der Waals surface area contributed by atoms with Crippen LogP contribution < -0.4 is 10.1 Å². The third-order valence-electron chi connectivity index (χ3n) is 3.06. The van der Waals surface area contributed by atoms with Gasteiger partial charge in [0.1, 0.15) is 11.6 Å². The number of benzene rings is 1. The van der Waals surface area contributed by atoms with Crippen molar-refractivity contribution in [1.82, 2.24) is 5.32 Å². The molecule has 1 unspecified atom stereocenters. The highest BCUT2D eigenvalue weighted by molar-refractivity contribution is 9.10. The summed E-state index contributed by atoms with van der Waals surface area (Å²) in [5.74, 6) is 0.683. The Hall–Kier alpha value is -0.910. The third kappa shape index (κ3) is 3.81. The van der Waals surface area contributed by atoms with Crippen molar-refractivity contribution in [2.24, 2.45) is 0 Å². The molecular weight excluding hydrogens is 341 g/mol. The van der Waals surface area contributed by atoms with Crippen LogP contribution in [-0.4, -0.2) is 13.7 Å². The van der Waals surface area contributed by atoms with Gasteiger partial charge in [-0.15, -0.1) is 11.3 Å². The van der Waals surface area contributed by atoms with Crippen LogP contribution in [0.5, 0.6) is 5.75 Å². The average Bonchev–Trinajstić information content (AvgIpc) is 2.91. The molecule has 0 radical (unpaired) electrons. The maximum absolute atomic E-state index is 13.9. The lowest BCUT2D eigenvalue weighted by atomic mass is 10.0. The number of rotatable bonds is 6. The highest BCUT2D eigenvalue weighted by atomic mass is 79.9.